The normalized spacial score (nSPS) is 11.1. The van der Waals surface area contributed by atoms with Crippen molar-refractivity contribution in [3.8, 4) is 17.7 Å². The van der Waals surface area contributed by atoms with Crippen molar-refractivity contribution in [2.75, 3.05) is 6.61 Å². The first-order valence-electron chi connectivity index (χ1n) is 8.03. The molecule has 2 rings (SSSR count). The lowest BCUT2D eigenvalue weighted by atomic mass is 10.1. The molecular formula is C20H22N2O2. The molecule has 0 spiro atoms. The van der Waals surface area contributed by atoms with Gasteiger partial charge in [0.2, 0.25) is 11.8 Å². The molecule has 0 aliphatic carbocycles. The summed E-state index contributed by atoms with van der Waals surface area (Å²) in [5.41, 5.74) is 2.96. The van der Waals surface area contributed by atoms with E-state index in [0.717, 1.165) is 17.5 Å². The Bertz CT molecular complexity index is 725. The number of benzene rings is 1. The first-order chi connectivity index (χ1) is 11.6. The monoisotopic (exact) mass is 322 g/mol. The predicted molar refractivity (Wildman–Crippen MR) is 94.8 cm³/mol. The molecule has 1 aromatic heterocycles. The maximum Gasteiger partial charge on any atom is 0.217 e. The van der Waals surface area contributed by atoms with Crippen LogP contribution in [0.5, 0.6) is 5.88 Å². The molecule has 1 heterocycles. The Balaban J connectivity index is 1.97. The van der Waals surface area contributed by atoms with Crippen molar-refractivity contribution in [2.24, 2.45) is 0 Å². The third-order valence-electron chi connectivity index (χ3n) is 3.33. The fraction of sp³-hybridized carbons (Fsp3) is 0.300. The van der Waals surface area contributed by atoms with E-state index in [2.05, 4.69) is 22.1 Å². The summed E-state index contributed by atoms with van der Waals surface area (Å²) in [4.78, 5) is 15.2. The van der Waals surface area contributed by atoms with Gasteiger partial charge in [-0.15, -0.1) is 0 Å². The molecule has 0 unspecified atom stereocenters. The molecule has 1 atom stereocenters. The Morgan fingerprint density at radius 1 is 1.17 bits per heavy atom. The van der Waals surface area contributed by atoms with Gasteiger partial charge >= 0.3 is 0 Å². The molecule has 1 aromatic carbocycles. The summed E-state index contributed by atoms with van der Waals surface area (Å²) in [6.45, 7) is 6.06. The quantitative estimate of drug-likeness (QED) is 0.861. The van der Waals surface area contributed by atoms with Gasteiger partial charge in [-0.25, -0.2) is 4.98 Å². The van der Waals surface area contributed by atoms with Gasteiger partial charge in [-0.2, -0.15) is 0 Å². The number of nitrogens with zero attached hydrogens (tertiary/aromatic N) is 1. The molecular weight excluding hydrogens is 300 g/mol. The molecule has 0 radical (unpaired) electrons. The SMILES string of the molecule is CCOc1ccc(C#Cc2ccc(C[C@H](C)NC(C)=O)cc2)cn1. The van der Waals surface area contributed by atoms with Crippen LogP contribution in [0.15, 0.2) is 42.6 Å². The minimum atomic E-state index is -0.00560. The van der Waals surface area contributed by atoms with Crippen LogP contribution in [0.1, 0.15) is 37.5 Å². The standard InChI is InChI=1S/C20H22N2O2/c1-4-24-20-12-11-19(14-21-20)10-7-17-5-8-18(9-6-17)13-15(2)22-16(3)23/h5-6,8-9,11-12,14-15H,4,13H2,1-3H3,(H,22,23)/t15-/m0/s1. The van der Waals surface area contributed by atoms with Crippen LogP contribution >= 0.6 is 0 Å². The van der Waals surface area contributed by atoms with Gasteiger partial charge in [0.25, 0.3) is 0 Å². The van der Waals surface area contributed by atoms with Crippen molar-refractivity contribution < 1.29 is 9.53 Å². The molecule has 0 aliphatic rings. The number of nitrogens with one attached hydrogen (secondary N) is 1. The number of carbonyl (C=O) groups is 1. The number of pyridine rings is 1. The second kappa shape index (κ2) is 8.73. The lowest BCUT2D eigenvalue weighted by Crippen LogP contribution is -2.31. The summed E-state index contributed by atoms with van der Waals surface area (Å²) in [6, 6.07) is 11.9. The van der Waals surface area contributed by atoms with Gasteiger partial charge in [-0.1, -0.05) is 24.0 Å². The highest BCUT2D eigenvalue weighted by Gasteiger charge is 2.04. The summed E-state index contributed by atoms with van der Waals surface area (Å²) in [5.74, 6) is 6.82. The Labute approximate surface area is 143 Å². The van der Waals surface area contributed by atoms with Crippen LogP contribution in [0.25, 0.3) is 0 Å². The second-order valence-electron chi connectivity index (χ2n) is 5.57. The molecule has 24 heavy (non-hydrogen) atoms. The molecule has 0 aliphatic heterocycles. The Hall–Kier alpha value is -2.80. The number of rotatable bonds is 5. The summed E-state index contributed by atoms with van der Waals surface area (Å²) in [6.07, 6.45) is 2.51. The van der Waals surface area contributed by atoms with Gasteiger partial charge in [0.1, 0.15) is 0 Å². The maximum atomic E-state index is 11.0. The zero-order valence-corrected chi connectivity index (χ0v) is 14.3. The molecule has 1 amide bonds. The zero-order valence-electron chi connectivity index (χ0n) is 14.3. The van der Waals surface area contributed by atoms with Crippen molar-refractivity contribution in [3.05, 3.63) is 59.3 Å². The van der Waals surface area contributed by atoms with E-state index in [-0.39, 0.29) is 11.9 Å². The van der Waals surface area contributed by atoms with Gasteiger partial charge in [0, 0.05) is 36.4 Å². The molecule has 0 bridgehead atoms. The number of hydrogen-bond acceptors (Lipinski definition) is 3. The van der Waals surface area contributed by atoms with Crippen LogP contribution in [0, 0.1) is 11.8 Å². The largest absolute Gasteiger partial charge is 0.478 e. The van der Waals surface area contributed by atoms with Crippen molar-refractivity contribution in [1.82, 2.24) is 10.3 Å². The Kier molecular flexibility index (Phi) is 6.39. The molecule has 4 nitrogen and oxygen atoms in total. The highest BCUT2D eigenvalue weighted by Crippen LogP contribution is 2.08. The molecule has 124 valence electrons. The molecule has 4 heteroatoms. The smallest absolute Gasteiger partial charge is 0.217 e. The number of ether oxygens (including phenoxy) is 1. The highest BCUT2D eigenvalue weighted by molar-refractivity contribution is 5.73. The van der Waals surface area contributed by atoms with Crippen LogP contribution in [-0.2, 0) is 11.2 Å². The maximum absolute atomic E-state index is 11.0. The van der Waals surface area contributed by atoms with E-state index in [1.54, 1.807) is 6.20 Å². The molecule has 1 N–H and O–H groups in total. The van der Waals surface area contributed by atoms with Gasteiger partial charge < -0.3 is 10.1 Å². The third-order valence-corrected chi connectivity index (χ3v) is 3.33. The fourth-order valence-corrected chi connectivity index (χ4v) is 2.31. The van der Waals surface area contributed by atoms with E-state index in [9.17, 15) is 4.79 Å². The fourth-order valence-electron chi connectivity index (χ4n) is 2.31. The molecule has 2 aromatic rings. The van der Waals surface area contributed by atoms with Gasteiger partial charge in [-0.3, -0.25) is 4.79 Å². The van der Waals surface area contributed by atoms with E-state index >= 15 is 0 Å². The Morgan fingerprint density at radius 2 is 1.83 bits per heavy atom. The number of amides is 1. The number of hydrogen-bond donors (Lipinski definition) is 1. The van der Waals surface area contributed by atoms with Crippen LogP contribution in [0.4, 0.5) is 0 Å². The number of carbonyl (C=O) groups excluding carboxylic acids is 1. The average molecular weight is 322 g/mol. The van der Waals surface area contributed by atoms with Crippen LogP contribution in [0.3, 0.4) is 0 Å². The third kappa shape index (κ3) is 5.77. The lowest BCUT2D eigenvalue weighted by molar-refractivity contribution is -0.119. The van der Waals surface area contributed by atoms with Gasteiger partial charge in [-0.05, 0) is 44.0 Å². The summed E-state index contributed by atoms with van der Waals surface area (Å²) < 4.78 is 5.31. The highest BCUT2D eigenvalue weighted by atomic mass is 16.5. The lowest BCUT2D eigenvalue weighted by Gasteiger charge is -2.12. The van der Waals surface area contributed by atoms with Crippen LogP contribution in [0.2, 0.25) is 0 Å². The minimum Gasteiger partial charge on any atom is -0.478 e. The van der Waals surface area contributed by atoms with Crippen molar-refractivity contribution >= 4 is 5.91 Å². The summed E-state index contributed by atoms with van der Waals surface area (Å²) in [7, 11) is 0. The summed E-state index contributed by atoms with van der Waals surface area (Å²) >= 11 is 0. The molecule has 0 fully saturated rings. The van der Waals surface area contributed by atoms with Gasteiger partial charge in [0.05, 0.1) is 6.61 Å². The van der Waals surface area contributed by atoms with E-state index in [1.165, 1.54) is 12.5 Å². The van der Waals surface area contributed by atoms with Crippen LogP contribution in [-0.4, -0.2) is 23.5 Å². The zero-order chi connectivity index (χ0) is 17.4. The minimum absolute atomic E-state index is 0.00560. The van der Waals surface area contributed by atoms with Crippen LogP contribution < -0.4 is 10.1 Å². The van der Waals surface area contributed by atoms with E-state index < -0.39 is 0 Å². The van der Waals surface area contributed by atoms with Crippen molar-refractivity contribution in [1.29, 1.82) is 0 Å². The van der Waals surface area contributed by atoms with Crippen molar-refractivity contribution in [2.45, 2.75) is 33.2 Å². The second-order valence-corrected chi connectivity index (χ2v) is 5.57. The summed E-state index contributed by atoms with van der Waals surface area (Å²) in [5, 5.41) is 2.88. The number of aromatic nitrogens is 1. The van der Waals surface area contributed by atoms with Crippen molar-refractivity contribution in [3.63, 3.8) is 0 Å². The average Bonchev–Trinajstić information content (AvgIpc) is 2.55. The van der Waals surface area contributed by atoms with E-state index in [0.29, 0.717) is 12.5 Å². The topological polar surface area (TPSA) is 51.2 Å². The van der Waals surface area contributed by atoms with E-state index in [4.69, 9.17) is 4.74 Å². The first kappa shape index (κ1) is 17.6. The molecule has 0 saturated heterocycles. The van der Waals surface area contributed by atoms with Gasteiger partial charge in [0.15, 0.2) is 0 Å². The van der Waals surface area contributed by atoms with E-state index in [1.807, 2.05) is 50.2 Å². The first-order valence-corrected chi connectivity index (χ1v) is 8.03. The predicted octanol–water partition coefficient (Wildman–Crippen LogP) is 2.95. The molecule has 0 saturated carbocycles. The Morgan fingerprint density at radius 3 is 2.42 bits per heavy atom.